The minimum absolute atomic E-state index is 0.0353. The van der Waals surface area contributed by atoms with Gasteiger partial charge >= 0.3 is 12.1 Å². The number of ether oxygens (including phenoxy) is 4. The number of benzene rings is 3. The summed E-state index contributed by atoms with van der Waals surface area (Å²) in [5, 5.41) is 14.2. The molecule has 0 saturated heterocycles. The van der Waals surface area contributed by atoms with E-state index in [1.54, 1.807) is 39.0 Å². The molecule has 0 bridgehead atoms. The summed E-state index contributed by atoms with van der Waals surface area (Å²) in [5.41, 5.74) is 6.26. The number of nitrogens with one attached hydrogen (secondary N) is 2. The molecule has 268 valence electrons. The predicted molar refractivity (Wildman–Crippen MR) is 196 cm³/mol. The zero-order valence-electron chi connectivity index (χ0n) is 29.7. The van der Waals surface area contributed by atoms with E-state index in [4.69, 9.17) is 25.4 Å². The number of alkyl carbamates (subject to hydrolysis) is 1. The summed E-state index contributed by atoms with van der Waals surface area (Å²) >= 11 is 0. The van der Waals surface area contributed by atoms with Gasteiger partial charge in [-0.15, -0.1) is 16.6 Å². The monoisotopic (exact) mass is 702 g/mol. The van der Waals surface area contributed by atoms with Crippen LogP contribution in [0.15, 0.2) is 72.8 Å². The Kier molecular flexibility index (Phi) is 10.9. The highest BCUT2D eigenvalue weighted by Crippen LogP contribution is 2.46. The van der Waals surface area contributed by atoms with Crippen molar-refractivity contribution < 1.29 is 33.3 Å². The minimum Gasteiger partial charge on any atom is -0.467 e. The number of fused-ring (bicyclic) bond motifs is 3. The van der Waals surface area contributed by atoms with Crippen LogP contribution >= 0.6 is 0 Å². The Hall–Kier alpha value is -5.73. The van der Waals surface area contributed by atoms with Crippen LogP contribution < -0.4 is 15.4 Å². The molecule has 1 heterocycles. The Labute approximate surface area is 303 Å². The Balaban J connectivity index is 1.20. The van der Waals surface area contributed by atoms with E-state index in [2.05, 4.69) is 26.8 Å². The Morgan fingerprint density at radius 1 is 0.923 bits per heavy atom. The number of carbonyl (C=O) groups is 3. The zero-order chi connectivity index (χ0) is 36.8. The van der Waals surface area contributed by atoms with Crippen molar-refractivity contribution in [3.63, 3.8) is 0 Å². The first-order valence-corrected chi connectivity index (χ1v) is 17.4. The van der Waals surface area contributed by atoms with Gasteiger partial charge in [-0.2, -0.15) is 0 Å². The van der Waals surface area contributed by atoms with E-state index in [1.807, 2.05) is 61.5 Å². The first kappa shape index (κ1) is 36.1. The lowest BCUT2D eigenvalue weighted by Crippen LogP contribution is -2.46. The Bertz CT molecular complexity index is 1970. The van der Waals surface area contributed by atoms with Gasteiger partial charge < -0.3 is 29.6 Å². The third kappa shape index (κ3) is 8.58. The molecule has 11 nitrogen and oxygen atoms in total. The number of aromatic nitrogens is 2. The van der Waals surface area contributed by atoms with Crippen molar-refractivity contribution in [1.29, 1.82) is 0 Å². The maximum absolute atomic E-state index is 13.8. The Morgan fingerprint density at radius 2 is 1.62 bits per heavy atom. The molecule has 0 aliphatic heterocycles. The summed E-state index contributed by atoms with van der Waals surface area (Å²) in [6.07, 6.45) is 6.24. The fourth-order valence-corrected chi connectivity index (χ4v) is 6.25. The van der Waals surface area contributed by atoms with Gasteiger partial charge in [0.05, 0.1) is 6.42 Å². The summed E-state index contributed by atoms with van der Waals surface area (Å²) in [6.45, 7) is 7.60. The summed E-state index contributed by atoms with van der Waals surface area (Å²) < 4.78 is 22.5. The molecule has 11 heteroatoms. The van der Waals surface area contributed by atoms with Crippen LogP contribution in [0.25, 0.3) is 22.4 Å². The predicted octanol–water partition coefficient (Wildman–Crippen LogP) is 6.95. The van der Waals surface area contributed by atoms with Crippen molar-refractivity contribution in [2.75, 3.05) is 25.3 Å². The molecule has 1 aromatic heterocycles. The van der Waals surface area contributed by atoms with Crippen molar-refractivity contribution in [3.8, 4) is 40.5 Å². The van der Waals surface area contributed by atoms with Crippen LogP contribution in [-0.4, -0.2) is 59.8 Å². The quantitative estimate of drug-likeness (QED) is 0.0656. The van der Waals surface area contributed by atoms with Crippen molar-refractivity contribution in [2.24, 2.45) is 0 Å². The second-order valence-corrected chi connectivity index (χ2v) is 13.7. The number of carbonyl (C=O) groups excluding carboxylic acids is 3. The van der Waals surface area contributed by atoms with E-state index in [0.29, 0.717) is 29.2 Å². The van der Waals surface area contributed by atoms with Gasteiger partial charge in [0, 0.05) is 23.7 Å². The van der Waals surface area contributed by atoms with E-state index in [0.717, 1.165) is 40.7 Å². The average molecular weight is 703 g/mol. The standard InChI is InChI=1S/C41H42N4O7/c1-6-25-16-19-31(35(20-25)51-24-49-7-2)38-32(26-17-18-26)21-36(44-45-38)43-39(47)34(22-37(46)52-41(3,4)5)42-40(48)50-23-33-29-14-10-8-12-27(29)28-13-9-11-15-30(28)33/h1,8-16,19-21,26,33-34H,7,17-18,22-24H2,2-5H3,(H,42,48)(H,43,44,47)/t34-/m1/s1. The minimum atomic E-state index is -1.33. The van der Waals surface area contributed by atoms with Crippen molar-refractivity contribution in [2.45, 2.75) is 70.4 Å². The molecule has 1 atom stereocenters. The number of rotatable bonds is 13. The van der Waals surface area contributed by atoms with Crippen molar-refractivity contribution in [1.82, 2.24) is 15.5 Å². The van der Waals surface area contributed by atoms with Gasteiger partial charge in [0.1, 0.15) is 29.7 Å². The van der Waals surface area contributed by atoms with E-state index in [1.165, 1.54) is 0 Å². The fraction of sp³-hybridized carbons (Fsp3) is 0.341. The smallest absolute Gasteiger partial charge is 0.407 e. The zero-order valence-corrected chi connectivity index (χ0v) is 29.7. The maximum atomic E-state index is 13.8. The molecule has 6 rings (SSSR count). The highest BCUT2D eigenvalue weighted by Gasteiger charge is 2.33. The summed E-state index contributed by atoms with van der Waals surface area (Å²) in [6, 6.07) is 21.8. The lowest BCUT2D eigenvalue weighted by molar-refractivity contribution is -0.156. The van der Waals surface area contributed by atoms with Crippen LogP contribution in [-0.2, 0) is 23.8 Å². The summed E-state index contributed by atoms with van der Waals surface area (Å²) in [5.74, 6) is 1.96. The highest BCUT2D eigenvalue weighted by atomic mass is 16.7. The first-order chi connectivity index (χ1) is 25.0. The van der Waals surface area contributed by atoms with E-state index >= 15 is 0 Å². The molecule has 0 radical (unpaired) electrons. The molecular weight excluding hydrogens is 660 g/mol. The number of amides is 2. The molecule has 0 unspecified atom stereocenters. The normalized spacial score (nSPS) is 14.0. The molecule has 1 saturated carbocycles. The topological polar surface area (TPSA) is 138 Å². The van der Waals surface area contributed by atoms with E-state index in [-0.39, 0.29) is 31.1 Å². The molecule has 2 amide bonds. The van der Waals surface area contributed by atoms with Crippen molar-refractivity contribution >= 4 is 23.8 Å². The highest BCUT2D eigenvalue weighted by molar-refractivity contribution is 5.98. The summed E-state index contributed by atoms with van der Waals surface area (Å²) in [7, 11) is 0. The van der Waals surface area contributed by atoms with Gasteiger partial charge in [0.2, 0.25) is 5.91 Å². The third-order valence-corrected chi connectivity index (χ3v) is 8.74. The second-order valence-electron chi connectivity index (χ2n) is 13.7. The summed E-state index contributed by atoms with van der Waals surface area (Å²) in [4.78, 5) is 39.9. The number of hydrogen-bond donors (Lipinski definition) is 2. The molecule has 4 aromatic rings. The number of terminal acetylenes is 1. The molecule has 1 fully saturated rings. The molecule has 2 aliphatic carbocycles. The van der Waals surface area contributed by atoms with Gasteiger partial charge in [-0.05, 0) is 98.5 Å². The molecular formula is C41H42N4O7. The van der Waals surface area contributed by atoms with Gasteiger partial charge in [-0.3, -0.25) is 9.59 Å². The molecule has 52 heavy (non-hydrogen) atoms. The van der Waals surface area contributed by atoms with E-state index < -0.39 is 36.0 Å². The van der Waals surface area contributed by atoms with Crippen LogP contribution in [0.1, 0.15) is 81.0 Å². The molecule has 0 spiro atoms. The van der Waals surface area contributed by atoms with Gasteiger partial charge in [0.25, 0.3) is 0 Å². The second kappa shape index (κ2) is 15.7. The number of esters is 1. The number of anilines is 1. The van der Waals surface area contributed by atoms with Gasteiger partial charge in [0.15, 0.2) is 12.6 Å². The molecule has 3 aromatic carbocycles. The largest absolute Gasteiger partial charge is 0.467 e. The SMILES string of the molecule is C#Cc1ccc(-c2nnc(NC(=O)[C@@H](CC(=O)OC(C)(C)C)NC(=O)OCC3c4ccccc4-c4ccccc43)cc2C2CC2)c(OCOCC)c1. The van der Waals surface area contributed by atoms with Crippen molar-refractivity contribution in [3.05, 3.63) is 95.1 Å². The van der Waals surface area contributed by atoms with Gasteiger partial charge in [-0.1, -0.05) is 54.5 Å². The van der Waals surface area contributed by atoms with Crippen LogP contribution in [0, 0.1) is 12.3 Å². The average Bonchev–Trinajstić information content (AvgIpc) is 3.92. The lowest BCUT2D eigenvalue weighted by atomic mass is 9.98. The molecule has 2 N–H and O–H groups in total. The first-order valence-electron chi connectivity index (χ1n) is 17.4. The third-order valence-electron chi connectivity index (χ3n) is 8.74. The Morgan fingerprint density at radius 3 is 2.25 bits per heavy atom. The van der Waals surface area contributed by atoms with E-state index in [9.17, 15) is 14.4 Å². The van der Waals surface area contributed by atoms with Crippen LogP contribution in [0.5, 0.6) is 5.75 Å². The lowest BCUT2D eigenvalue weighted by Gasteiger charge is -2.23. The fourth-order valence-electron chi connectivity index (χ4n) is 6.25. The van der Waals surface area contributed by atoms with Gasteiger partial charge in [-0.25, -0.2) is 4.79 Å². The number of nitrogens with zero attached hydrogens (tertiary/aromatic N) is 2. The van der Waals surface area contributed by atoms with Crippen LogP contribution in [0.3, 0.4) is 0 Å². The van der Waals surface area contributed by atoms with Crippen LogP contribution in [0.2, 0.25) is 0 Å². The maximum Gasteiger partial charge on any atom is 0.407 e. The molecule has 2 aliphatic rings. The number of hydrogen-bond acceptors (Lipinski definition) is 9. The van der Waals surface area contributed by atoms with Crippen LogP contribution in [0.4, 0.5) is 10.6 Å².